The number of methoxy groups -OCH3 is 1. The highest BCUT2D eigenvalue weighted by atomic mass is 16.5. The first kappa shape index (κ1) is 25.5. The van der Waals surface area contributed by atoms with Gasteiger partial charge in [0.15, 0.2) is 11.9 Å². The van der Waals surface area contributed by atoms with Gasteiger partial charge in [-0.2, -0.15) is 0 Å². The summed E-state index contributed by atoms with van der Waals surface area (Å²) in [5.74, 6) is -0.0631. The predicted octanol–water partition coefficient (Wildman–Crippen LogP) is 4.92. The molecular formula is C24H40O5. The number of hydrogen-bond donors (Lipinski definition) is 0. The fourth-order valence-corrected chi connectivity index (χ4v) is 4.14. The lowest BCUT2D eigenvalue weighted by atomic mass is 9.70. The Morgan fingerprint density at radius 3 is 2.38 bits per heavy atom. The number of cyclic esters (lactones) is 1. The first-order valence-corrected chi connectivity index (χ1v) is 10.8. The van der Waals surface area contributed by atoms with E-state index in [-0.39, 0.29) is 29.8 Å². The van der Waals surface area contributed by atoms with E-state index in [1.165, 1.54) is 19.6 Å². The molecular weight excluding hydrogens is 368 g/mol. The maximum Gasteiger partial charge on any atom is 0.309 e. The third-order valence-corrected chi connectivity index (χ3v) is 6.81. The standard InChI is InChI=1S/C24H40O5/c1-15-10-9-11-16(2)17(3)18(4)23(27)24(6,7)21(28-8)14-22(26)29-20(13-12-15)19(5)25/h12,16-18,20-21H,9-11,13-14H2,1-8H3/b15-12-/t16-,17-,18+,20-,21-/m0/s1. The van der Waals surface area contributed by atoms with Crippen LogP contribution in [0.2, 0.25) is 0 Å². The van der Waals surface area contributed by atoms with Crippen LogP contribution in [0.4, 0.5) is 0 Å². The van der Waals surface area contributed by atoms with Crippen molar-refractivity contribution in [1.29, 1.82) is 0 Å². The molecule has 1 heterocycles. The Morgan fingerprint density at radius 1 is 1.21 bits per heavy atom. The zero-order valence-electron chi connectivity index (χ0n) is 19.5. The van der Waals surface area contributed by atoms with Crippen LogP contribution in [-0.2, 0) is 23.9 Å². The average Bonchev–Trinajstić information content (AvgIpc) is 2.66. The van der Waals surface area contributed by atoms with Gasteiger partial charge in [0.2, 0.25) is 0 Å². The second-order valence-corrected chi connectivity index (χ2v) is 9.41. The van der Waals surface area contributed by atoms with Crippen molar-refractivity contribution in [3.05, 3.63) is 11.6 Å². The van der Waals surface area contributed by atoms with E-state index in [4.69, 9.17) is 9.47 Å². The van der Waals surface area contributed by atoms with Crippen LogP contribution < -0.4 is 0 Å². The van der Waals surface area contributed by atoms with Crippen LogP contribution >= 0.6 is 0 Å². The van der Waals surface area contributed by atoms with E-state index >= 15 is 0 Å². The Kier molecular flexibility index (Phi) is 9.74. The Morgan fingerprint density at radius 2 is 1.83 bits per heavy atom. The Bertz CT molecular complexity index is 619. The summed E-state index contributed by atoms with van der Waals surface area (Å²) in [6.45, 7) is 13.5. The number of carbonyl (C=O) groups excluding carboxylic acids is 3. The SMILES string of the molecule is CO[C@H]1CC(=O)O[C@H](C(C)=O)C/C=C(/C)CCC[C@H](C)[C@H](C)[C@@H](C)C(=O)C1(C)C. The van der Waals surface area contributed by atoms with E-state index in [0.717, 1.165) is 19.3 Å². The number of ketones is 2. The minimum atomic E-state index is -0.833. The van der Waals surface area contributed by atoms with Crippen LogP contribution in [0.1, 0.15) is 80.6 Å². The van der Waals surface area contributed by atoms with Gasteiger partial charge in [0.1, 0.15) is 5.78 Å². The summed E-state index contributed by atoms with van der Waals surface area (Å²) < 4.78 is 11.0. The largest absolute Gasteiger partial charge is 0.454 e. The zero-order chi connectivity index (χ0) is 22.4. The highest BCUT2D eigenvalue weighted by Crippen LogP contribution is 2.35. The van der Waals surface area contributed by atoms with E-state index in [2.05, 4.69) is 13.8 Å². The molecule has 0 aromatic carbocycles. The van der Waals surface area contributed by atoms with Gasteiger partial charge in [-0.3, -0.25) is 14.4 Å². The molecule has 0 radical (unpaired) electrons. The topological polar surface area (TPSA) is 69.7 Å². The summed E-state index contributed by atoms with van der Waals surface area (Å²) in [6.07, 6.45) is 3.95. The van der Waals surface area contributed by atoms with Crippen LogP contribution in [0.25, 0.3) is 0 Å². The molecule has 0 N–H and O–H groups in total. The van der Waals surface area contributed by atoms with Crippen LogP contribution in [0.3, 0.4) is 0 Å². The fourth-order valence-electron chi connectivity index (χ4n) is 4.14. The minimum absolute atomic E-state index is 0.0572. The van der Waals surface area contributed by atoms with Crippen molar-refractivity contribution in [2.45, 2.75) is 92.8 Å². The van der Waals surface area contributed by atoms with Gasteiger partial charge in [0.25, 0.3) is 0 Å². The van der Waals surface area contributed by atoms with Crippen LogP contribution in [-0.4, -0.2) is 36.9 Å². The normalized spacial score (nSPS) is 34.8. The van der Waals surface area contributed by atoms with Gasteiger partial charge in [0, 0.05) is 19.4 Å². The molecule has 0 fully saturated rings. The lowest BCUT2D eigenvalue weighted by molar-refractivity contribution is -0.160. The number of allylic oxidation sites excluding steroid dienone is 1. The van der Waals surface area contributed by atoms with Gasteiger partial charge in [0.05, 0.1) is 17.9 Å². The number of hydrogen-bond acceptors (Lipinski definition) is 5. The van der Waals surface area contributed by atoms with Crippen molar-refractivity contribution in [2.75, 3.05) is 7.11 Å². The molecule has 5 nitrogen and oxygen atoms in total. The average molecular weight is 409 g/mol. The van der Waals surface area contributed by atoms with Crippen molar-refractivity contribution in [3.63, 3.8) is 0 Å². The third-order valence-electron chi connectivity index (χ3n) is 6.81. The number of Topliss-reactive ketones (excluding diaryl/α,β-unsaturated/α-hetero) is 2. The zero-order valence-corrected chi connectivity index (χ0v) is 19.5. The second kappa shape index (κ2) is 11.1. The molecule has 0 saturated carbocycles. The number of esters is 1. The summed E-state index contributed by atoms with van der Waals surface area (Å²) in [7, 11) is 1.51. The number of ether oxygens (including phenoxy) is 2. The van der Waals surface area contributed by atoms with Crippen molar-refractivity contribution >= 4 is 17.5 Å². The van der Waals surface area contributed by atoms with E-state index in [1.807, 2.05) is 33.8 Å². The van der Waals surface area contributed by atoms with Crippen LogP contribution in [0.15, 0.2) is 11.6 Å². The maximum absolute atomic E-state index is 13.3. The van der Waals surface area contributed by atoms with Crippen LogP contribution in [0, 0.1) is 23.2 Å². The number of carbonyl (C=O) groups is 3. The molecule has 0 amide bonds. The molecule has 0 bridgehead atoms. The van der Waals surface area contributed by atoms with E-state index in [9.17, 15) is 14.4 Å². The van der Waals surface area contributed by atoms with Crippen molar-refractivity contribution in [1.82, 2.24) is 0 Å². The van der Waals surface area contributed by atoms with Gasteiger partial charge in [-0.25, -0.2) is 0 Å². The monoisotopic (exact) mass is 408 g/mol. The smallest absolute Gasteiger partial charge is 0.309 e. The highest BCUT2D eigenvalue weighted by molar-refractivity contribution is 5.88. The molecule has 0 aromatic rings. The van der Waals surface area contributed by atoms with Crippen molar-refractivity contribution in [3.8, 4) is 0 Å². The molecule has 5 atom stereocenters. The highest BCUT2D eigenvalue weighted by Gasteiger charge is 2.42. The van der Waals surface area contributed by atoms with Gasteiger partial charge in [-0.15, -0.1) is 0 Å². The molecule has 1 aliphatic rings. The first-order chi connectivity index (χ1) is 13.4. The second-order valence-electron chi connectivity index (χ2n) is 9.41. The van der Waals surface area contributed by atoms with E-state index < -0.39 is 23.6 Å². The summed E-state index contributed by atoms with van der Waals surface area (Å²) in [4.78, 5) is 37.8. The quantitative estimate of drug-likeness (QED) is 0.479. The lowest BCUT2D eigenvalue weighted by Crippen LogP contribution is -2.45. The molecule has 0 aromatic heterocycles. The van der Waals surface area contributed by atoms with Gasteiger partial charge < -0.3 is 9.47 Å². The molecule has 0 saturated heterocycles. The number of rotatable bonds is 2. The predicted molar refractivity (Wildman–Crippen MR) is 114 cm³/mol. The van der Waals surface area contributed by atoms with Crippen molar-refractivity contribution < 1.29 is 23.9 Å². The molecule has 0 aliphatic carbocycles. The molecule has 29 heavy (non-hydrogen) atoms. The first-order valence-electron chi connectivity index (χ1n) is 10.8. The minimum Gasteiger partial charge on any atom is -0.454 e. The molecule has 1 rings (SSSR count). The van der Waals surface area contributed by atoms with E-state index in [0.29, 0.717) is 12.3 Å². The summed E-state index contributed by atoms with van der Waals surface area (Å²) >= 11 is 0. The summed E-state index contributed by atoms with van der Waals surface area (Å²) in [6, 6.07) is 0. The van der Waals surface area contributed by atoms with Gasteiger partial charge >= 0.3 is 5.97 Å². The fraction of sp³-hybridized carbons (Fsp3) is 0.792. The summed E-state index contributed by atoms with van der Waals surface area (Å²) in [5.41, 5.74) is 0.361. The molecule has 166 valence electrons. The third kappa shape index (κ3) is 7.06. The van der Waals surface area contributed by atoms with Gasteiger partial charge in [-0.05, 0) is 38.5 Å². The molecule has 0 unspecified atom stereocenters. The lowest BCUT2D eigenvalue weighted by Gasteiger charge is -2.36. The van der Waals surface area contributed by atoms with Gasteiger partial charge in [-0.1, -0.05) is 52.7 Å². The molecule has 0 spiro atoms. The Labute approximate surface area is 176 Å². The van der Waals surface area contributed by atoms with Crippen LogP contribution in [0.5, 0.6) is 0 Å². The Balaban J connectivity index is 3.20. The molecule has 1 aliphatic heterocycles. The molecule has 5 heteroatoms. The Hall–Kier alpha value is -1.49. The van der Waals surface area contributed by atoms with E-state index in [1.54, 1.807) is 0 Å². The maximum atomic E-state index is 13.3. The van der Waals surface area contributed by atoms with Crippen molar-refractivity contribution in [2.24, 2.45) is 23.2 Å². The summed E-state index contributed by atoms with van der Waals surface area (Å²) in [5, 5.41) is 0.